The second-order valence-electron chi connectivity index (χ2n) is 4.96. The molecule has 1 saturated heterocycles. The fraction of sp³-hybridized carbons (Fsp3) is 0.385. The Kier molecular flexibility index (Phi) is 2.56. The van der Waals surface area contributed by atoms with Gasteiger partial charge in [-0.15, -0.1) is 0 Å². The summed E-state index contributed by atoms with van der Waals surface area (Å²) >= 11 is 0. The molecule has 0 amide bonds. The first-order chi connectivity index (χ1) is 8.67. The van der Waals surface area contributed by atoms with Crippen molar-refractivity contribution < 1.29 is 9.63 Å². The number of aromatic nitrogens is 2. The van der Waals surface area contributed by atoms with Crippen LogP contribution in [0.15, 0.2) is 28.8 Å². The molecule has 2 N–H and O–H groups in total. The summed E-state index contributed by atoms with van der Waals surface area (Å²) in [5.41, 5.74) is 0.777. The zero-order valence-corrected chi connectivity index (χ0v) is 10.2. The minimum atomic E-state index is -0.0673. The molecule has 0 radical (unpaired) electrons. The highest BCUT2D eigenvalue weighted by molar-refractivity contribution is 5.55. The van der Waals surface area contributed by atoms with Gasteiger partial charge in [0.15, 0.2) is 0 Å². The Labute approximate surface area is 105 Å². The van der Waals surface area contributed by atoms with E-state index in [9.17, 15) is 5.11 Å². The quantitative estimate of drug-likeness (QED) is 0.842. The van der Waals surface area contributed by atoms with Gasteiger partial charge in [0.1, 0.15) is 5.75 Å². The molecule has 1 fully saturated rings. The van der Waals surface area contributed by atoms with Gasteiger partial charge in [0, 0.05) is 12.1 Å². The Bertz CT molecular complexity index is 542. The van der Waals surface area contributed by atoms with Crippen LogP contribution in [0.25, 0.3) is 11.4 Å². The fourth-order valence-electron chi connectivity index (χ4n) is 2.20. The van der Waals surface area contributed by atoms with Crippen LogP contribution in [-0.2, 0) is 5.41 Å². The molecule has 5 heteroatoms. The van der Waals surface area contributed by atoms with E-state index in [1.165, 1.54) is 0 Å². The summed E-state index contributed by atoms with van der Waals surface area (Å²) < 4.78 is 5.37. The largest absolute Gasteiger partial charge is 0.508 e. The van der Waals surface area contributed by atoms with E-state index in [2.05, 4.69) is 22.4 Å². The molecular weight excluding hydrogens is 230 g/mol. The zero-order chi connectivity index (χ0) is 12.6. The summed E-state index contributed by atoms with van der Waals surface area (Å²) in [7, 11) is 0. The van der Waals surface area contributed by atoms with E-state index in [1.807, 2.05) is 0 Å². The van der Waals surface area contributed by atoms with E-state index < -0.39 is 0 Å². The van der Waals surface area contributed by atoms with Crippen LogP contribution < -0.4 is 5.32 Å². The first kappa shape index (κ1) is 11.2. The van der Waals surface area contributed by atoms with Crippen molar-refractivity contribution in [3.8, 4) is 17.1 Å². The number of hydrogen-bond acceptors (Lipinski definition) is 5. The minimum absolute atomic E-state index is 0.0673. The molecule has 3 rings (SSSR count). The van der Waals surface area contributed by atoms with Crippen molar-refractivity contribution in [2.75, 3.05) is 13.1 Å². The Morgan fingerprint density at radius 1 is 1.33 bits per heavy atom. The van der Waals surface area contributed by atoms with Crippen LogP contribution >= 0.6 is 0 Å². The van der Waals surface area contributed by atoms with Crippen molar-refractivity contribution in [3.63, 3.8) is 0 Å². The zero-order valence-electron chi connectivity index (χ0n) is 10.2. The first-order valence-electron chi connectivity index (χ1n) is 6.02. The van der Waals surface area contributed by atoms with Crippen molar-refractivity contribution >= 4 is 0 Å². The third-order valence-electron chi connectivity index (χ3n) is 3.44. The van der Waals surface area contributed by atoms with Gasteiger partial charge < -0.3 is 14.9 Å². The summed E-state index contributed by atoms with van der Waals surface area (Å²) in [6.45, 7) is 3.97. The lowest BCUT2D eigenvalue weighted by atomic mass is 9.90. The van der Waals surface area contributed by atoms with Gasteiger partial charge in [-0.3, -0.25) is 0 Å². The third-order valence-corrected chi connectivity index (χ3v) is 3.44. The summed E-state index contributed by atoms with van der Waals surface area (Å²) in [4.78, 5) is 4.46. The maximum atomic E-state index is 9.25. The first-order valence-corrected chi connectivity index (χ1v) is 6.02. The second kappa shape index (κ2) is 4.10. The highest BCUT2D eigenvalue weighted by Gasteiger charge is 2.36. The number of rotatable bonds is 2. The molecule has 1 aliphatic rings. The Balaban J connectivity index is 1.91. The minimum Gasteiger partial charge on any atom is -0.508 e. The van der Waals surface area contributed by atoms with Crippen LogP contribution in [0.1, 0.15) is 19.2 Å². The molecule has 1 atom stereocenters. The lowest BCUT2D eigenvalue weighted by Gasteiger charge is -2.15. The number of nitrogens with zero attached hydrogens (tertiary/aromatic N) is 2. The van der Waals surface area contributed by atoms with Gasteiger partial charge in [0.2, 0.25) is 11.7 Å². The van der Waals surface area contributed by atoms with Crippen molar-refractivity contribution in [3.05, 3.63) is 30.2 Å². The smallest absolute Gasteiger partial charge is 0.234 e. The molecule has 0 spiro atoms. The maximum Gasteiger partial charge on any atom is 0.234 e. The van der Waals surface area contributed by atoms with Crippen LogP contribution in [0.2, 0.25) is 0 Å². The van der Waals surface area contributed by atoms with E-state index in [4.69, 9.17) is 4.52 Å². The molecule has 0 bridgehead atoms. The Morgan fingerprint density at radius 2 is 2.11 bits per heavy atom. The molecule has 94 valence electrons. The van der Waals surface area contributed by atoms with Crippen molar-refractivity contribution in [1.82, 2.24) is 15.5 Å². The molecule has 5 nitrogen and oxygen atoms in total. The standard InChI is InChI=1S/C13H15N3O2/c1-13(6-7-14-8-13)12-15-11(16-18-12)9-2-4-10(17)5-3-9/h2-5,14,17H,6-8H2,1H3. The topological polar surface area (TPSA) is 71.2 Å². The predicted molar refractivity (Wildman–Crippen MR) is 66.2 cm³/mol. The Hall–Kier alpha value is -1.88. The van der Waals surface area contributed by atoms with E-state index in [-0.39, 0.29) is 11.2 Å². The average molecular weight is 245 g/mol. The highest BCUT2D eigenvalue weighted by atomic mass is 16.5. The summed E-state index contributed by atoms with van der Waals surface area (Å²) in [6, 6.07) is 6.78. The third kappa shape index (κ3) is 1.86. The van der Waals surface area contributed by atoms with Crippen molar-refractivity contribution in [2.45, 2.75) is 18.8 Å². The lowest BCUT2D eigenvalue weighted by molar-refractivity contribution is 0.306. The summed E-state index contributed by atoms with van der Waals surface area (Å²) in [6.07, 6.45) is 1.00. The fourth-order valence-corrected chi connectivity index (χ4v) is 2.20. The highest BCUT2D eigenvalue weighted by Crippen LogP contribution is 2.30. The molecule has 1 aromatic carbocycles. The van der Waals surface area contributed by atoms with Gasteiger partial charge in [-0.2, -0.15) is 4.98 Å². The molecule has 1 unspecified atom stereocenters. The summed E-state index contributed by atoms with van der Waals surface area (Å²) in [5.74, 6) is 1.48. The van der Waals surface area contributed by atoms with Gasteiger partial charge in [0.05, 0.1) is 5.41 Å². The molecule has 1 aliphatic heterocycles. The number of aromatic hydroxyl groups is 1. The average Bonchev–Trinajstić information content (AvgIpc) is 2.99. The second-order valence-corrected chi connectivity index (χ2v) is 4.96. The number of phenolic OH excluding ortho intramolecular Hbond substituents is 1. The molecule has 2 heterocycles. The van der Waals surface area contributed by atoms with Gasteiger partial charge in [-0.1, -0.05) is 5.16 Å². The molecule has 0 saturated carbocycles. The van der Waals surface area contributed by atoms with Crippen LogP contribution in [0.4, 0.5) is 0 Å². The SMILES string of the molecule is CC1(c2nc(-c3ccc(O)cc3)no2)CCNC1. The number of nitrogens with one attached hydrogen (secondary N) is 1. The van der Waals surface area contributed by atoms with Crippen molar-refractivity contribution in [1.29, 1.82) is 0 Å². The lowest BCUT2D eigenvalue weighted by Crippen LogP contribution is -2.25. The number of phenols is 1. The monoisotopic (exact) mass is 245 g/mol. The predicted octanol–water partition coefficient (Wildman–Crippen LogP) is 1.69. The van der Waals surface area contributed by atoms with E-state index in [0.717, 1.165) is 25.1 Å². The summed E-state index contributed by atoms with van der Waals surface area (Å²) in [5, 5.41) is 16.6. The Morgan fingerprint density at radius 3 is 2.78 bits per heavy atom. The van der Waals surface area contributed by atoms with Gasteiger partial charge >= 0.3 is 0 Å². The van der Waals surface area contributed by atoms with Crippen LogP contribution in [0, 0.1) is 0 Å². The van der Waals surface area contributed by atoms with Gasteiger partial charge in [-0.25, -0.2) is 0 Å². The normalized spacial score (nSPS) is 23.4. The number of hydrogen-bond donors (Lipinski definition) is 2. The van der Waals surface area contributed by atoms with Gasteiger partial charge in [0.25, 0.3) is 0 Å². The van der Waals surface area contributed by atoms with Crippen LogP contribution in [-0.4, -0.2) is 28.3 Å². The van der Waals surface area contributed by atoms with Crippen molar-refractivity contribution in [2.24, 2.45) is 0 Å². The maximum absolute atomic E-state index is 9.25. The molecule has 1 aromatic heterocycles. The van der Waals surface area contributed by atoms with Crippen LogP contribution in [0.3, 0.4) is 0 Å². The van der Waals surface area contributed by atoms with E-state index in [1.54, 1.807) is 24.3 Å². The molecule has 18 heavy (non-hydrogen) atoms. The van der Waals surface area contributed by atoms with Crippen LogP contribution in [0.5, 0.6) is 5.75 Å². The van der Waals surface area contributed by atoms with E-state index >= 15 is 0 Å². The van der Waals surface area contributed by atoms with E-state index in [0.29, 0.717) is 11.7 Å². The van der Waals surface area contributed by atoms with Gasteiger partial charge in [-0.05, 0) is 44.2 Å². The molecule has 0 aliphatic carbocycles. The molecule has 2 aromatic rings. The molecular formula is C13H15N3O2. The number of benzene rings is 1.